The van der Waals surface area contributed by atoms with Gasteiger partial charge in [-0.15, -0.1) is 0 Å². The number of aromatic amines is 1. The number of hydrogen-bond donors (Lipinski definition) is 2. The van der Waals surface area contributed by atoms with Gasteiger partial charge in [-0.1, -0.05) is 25.1 Å². The fourth-order valence-electron chi connectivity index (χ4n) is 3.56. The van der Waals surface area contributed by atoms with Crippen molar-refractivity contribution in [2.24, 2.45) is 0 Å². The van der Waals surface area contributed by atoms with E-state index < -0.39 is 10.0 Å². The zero-order valence-corrected chi connectivity index (χ0v) is 18.2. The first-order chi connectivity index (χ1) is 14.9. The van der Waals surface area contributed by atoms with Crippen molar-refractivity contribution in [1.29, 1.82) is 0 Å². The van der Waals surface area contributed by atoms with Crippen molar-refractivity contribution in [3.05, 3.63) is 53.4 Å². The van der Waals surface area contributed by atoms with Crippen LogP contribution in [-0.2, 0) is 21.2 Å². The molecule has 9 nitrogen and oxygen atoms in total. The van der Waals surface area contributed by atoms with Crippen LogP contribution in [-0.4, -0.2) is 55.7 Å². The summed E-state index contributed by atoms with van der Waals surface area (Å²) in [6.07, 6.45) is 2.12. The number of ether oxygens (including phenoxy) is 1. The minimum absolute atomic E-state index is 0.00720. The molecule has 1 saturated heterocycles. The predicted molar refractivity (Wildman–Crippen MR) is 114 cm³/mol. The normalized spacial score (nSPS) is 14.6. The average molecular weight is 445 g/mol. The molecule has 0 bridgehead atoms. The average Bonchev–Trinajstić information content (AvgIpc) is 3.41. The second kappa shape index (κ2) is 8.56. The Morgan fingerprint density at radius 2 is 2.00 bits per heavy atom. The fourth-order valence-corrected chi connectivity index (χ4v) is 4.84. The van der Waals surface area contributed by atoms with E-state index in [0.717, 1.165) is 5.56 Å². The number of anilines is 1. The number of aromatic nitrogens is 2. The molecule has 2 N–H and O–H groups in total. The van der Waals surface area contributed by atoms with Crippen molar-refractivity contribution in [1.82, 2.24) is 15.1 Å². The molecule has 0 spiro atoms. The van der Waals surface area contributed by atoms with Crippen LogP contribution < -0.4 is 4.72 Å². The topological polar surface area (TPSA) is 118 Å². The molecule has 0 aliphatic carbocycles. The first-order valence-electron chi connectivity index (χ1n) is 10.0. The summed E-state index contributed by atoms with van der Waals surface area (Å²) in [5.41, 5.74) is 2.08. The van der Waals surface area contributed by atoms with Crippen LogP contribution in [0.15, 0.2) is 45.8 Å². The number of benzene rings is 1. The van der Waals surface area contributed by atoms with Crippen LogP contribution in [0.1, 0.15) is 28.6 Å². The van der Waals surface area contributed by atoms with Crippen LogP contribution in [0.5, 0.6) is 0 Å². The molecule has 3 aromatic rings. The van der Waals surface area contributed by atoms with E-state index in [0.29, 0.717) is 49.7 Å². The van der Waals surface area contributed by atoms with E-state index >= 15 is 0 Å². The number of rotatable bonds is 6. The van der Waals surface area contributed by atoms with Gasteiger partial charge in [0.05, 0.1) is 30.7 Å². The number of sulfonamides is 1. The zero-order chi connectivity index (χ0) is 22.0. The van der Waals surface area contributed by atoms with Gasteiger partial charge < -0.3 is 14.1 Å². The van der Waals surface area contributed by atoms with Gasteiger partial charge in [-0.25, -0.2) is 8.42 Å². The van der Waals surface area contributed by atoms with E-state index in [1.54, 1.807) is 24.0 Å². The lowest BCUT2D eigenvalue weighted by Gasteiger charge is -2.26. The largest absolute Gasteiger partial charge is 0.458 e. The Labute approximate surface area is 180 Å². The first-order valence-corrected chi connectivity index (χ1v) is 11.5. The molecule has 1 aliphatic rings. The number of nitrogens with one attached hydrogen (secondary N) is 2. The molecule has 1 aliphatic heterocycles. The van der Waals surface area contributed by atoms with Gasteiger partial charge >= 0.3 is 0 Å². The van der Waals surface area contributed by atoms with Crippen LogP contribution in [0.3, 0.4) is 0 Å². The van der Waals surface area contributed by atoms with Gasteiger partial charge in [0.15, 0.2) is 5.76 Å². The number of carbonyl (C=O) groups is 1. The van der Waals surface area contributed by atoms with Crippen LogP contribution >= 0.6 is 0 Å². The standard InChI is InChI=1S/C21H24N4O5S/c1-3-15-6-4-5-7-17(15)24-31(27,28)19-12-18(30-14(19)2)20-16(13-22-23-20)21(26)25-8-10-29-11-9-25/h4-7,12-13,24H,3,8-11H2,1-2H3,(H,22,23). The lowest BCUT2D eigenvalue weighted by Crippen LogP contribution is -2.40. The first kappa shape index (κ1) is 21.1. The Morgan fingerprint density at radius 1 is 1.26 bits per heavy atom. The molecule has 4 rings (SSSR count). The van der Waals surface area contributed by atoms with Crippen molar-refractivity contribution < 1.29 is 22.4 Å². The maximum Gasteiger partial charge on any atom is 0.265 e. The highest BCUT2D eigenvalue weighted by Gasteiger charge is 2.28. The quantitative estimate of drug-likeness (QED) is 0.604. The summed E-state index contributed by atoms with van der Waals surface area (Å²) in [5, 5.41) is 6.74. The summed E-state index contributed by atoms with van der Waals surface area (Å²) in [4.78, 5) is 14.6. The summed E-state index contributed by atoms with van der Waals surface area (Å²) in [5.74, 6) is 0.243. The van der Waals surface area contributed by atoms with E-state index in [2.05, 4.69) is 14.9 Å². The molecule has 3 heterocycles. The Balaban J connectivity index is 1.64. The molecule has 1 amide bonds. The minimum atomic E-state index is -3.89. The van der Waals surface area contributed by atoms with E-state index in [1.807, 2.05) is 19.1 Å². The Hall–Kier alpha value is -3.11. The molecule has 164 valence electrons. The van der Waals surface area contributed by atoms with Gasteiger partial charge in [-0.3, -0.25) is 14.6 Å². The van der Waals surface area contributed by atoms with Gasteiger partial charge in [0.2, 0.25) is 0 Å². The molecule has 10 heteroatoms. The maximum absolute atomic E-state index is 13.1. The van der Waals surface area contributed by atoms with Crippen molar-refractivity contribution >= 4 is 21.6 Å². The van der Waals surface area contributed by atoms with Crippen LogP contribution in [0.25, 0.3) is 11.5 Å². The number of carbonyl (C=O) groups excluding carboxylic acids is 1. The molecule has 1 fully saturated rings. The van der Waals surface area contributed by atoms with E-state index in [9.17, 15) is 13.2 Å². The van der Waals surface area contributed by atoms with Gasteiger partial charge in [0, 0.05) is 19.2 Å². The number of amides is 1. The third-order valence-corrected chi connectivity index (χ3v) is 6.69. The minimum Gasteiger partial charge on any atom is -0.458 e. The van der Waals surface area contributed by atoms with E-state index in [1.165, 1.54) is 12.3 Å². The van der Waals surface area contributed by atoms with Crippen molar-refractivity contribution in [3.63, 3.8) is 0 Å². The molecule has 0 atom stereocenters. The monoisotopic (exact) mass is 444 g/mol. The maximum atomic E-state index is 13.1. The second-order valence-corrected chi connectivity index (χ2v) is 8.86. The Morgan fingerprint density at radius 3 is 2.74 bits per heavy atom. The van der Waals surface area contributed by atoms with Gasteiger partial charge in [0.1, 0.15) is 16.3 Å². The molecular formula is C21H24N4O5S. The summed E-state index contributed by atoms with van der Waals surface area (Å²) < 4.78 is 39.8. The van der Waals surface area contributed by atoms with Gasteiger partial charge in [-0.05, 0) is 25.0 Å². The van der Waals surface area contributed by atoms with E-state index in [4.69, 9.17) is 9.15 Å². The Kier molecular flexibility index (Phi) is 5.84. The fraction of sp³-hybridized carbons (Fsp3) is 0.333. The van der Waals surface area contributed by atoms with Crippen molar-refractivity contribution in [3.8, 4) is 11.5 Å². The number of H-pyrrole nitrogens is 1. The van der Waals surface area contributed by atoms with Gasteiger partial charge in [0.25, 0.3) is 15.9 Å². The third kappa shape index (κ3) is 4.21. The SMILES string of the molecule is CCc1ccccc1NS(=O)(=O)c1cc(-c2[nH]ncc2C(=O)N2CCOCC2)oc1C. The number of furan rings is 1. The molecule has 0 radical (unpaired) electrons. The number of para-hydroxylation sites is 1. The Bertz CT molecular complexity index is 1190. The third-order valence-electron chi connectivity index (χ3n) is 5.22. The van der Waals surface area contributed by atoms with E-state index in [-0.39, 0.29) is 22.3 Å². The second-order valence-electron chi connectivity index (χ2n) is 7.21. The molecule has 2 aromatic heterocycles. The number of hydrogen-bond acceptors (Lipinski definition) is 6. The van der Waals surface area contributed by atoms with Crippen LogP contribution in [0.4, 0.5) is 5.69 Å². The number of aryl methyl sites for hydroxylation is 2. The smallest absolute Gasteiger partial charge is 0.265 e. The van der Waals surface area contributed by atoms with Crippen LogP contribution in [0, 0.1) is 6.92 Å². The summed E-state index contributed by atoms with van der Waals surface area (Å²) in [6, 6.07) is 8.65. The predicted octanol–water partition coefficient (Wildman–Crippen LogP) is 2.81. The lowest BCUT2D eigenvalue weighted by molar-refractivity contribution is 0.0303. The lowest BCUT2D eigenvalue weighted by atomic mass is 10.1. The van der Waals surface area contributed by atoms with Gasteiger partial charge in [-0.2, -0.15) is 5.10 Å². The number of nitrogens with zero attached hydrogens (tertiary/aromatic N) is 2. The van der Waals surface area contributed by atoms with Crippen molar-refractivity contribution in [2.45, 2.75) is 25.2 Å². The summed E-state index contributed by atoms with van der Waals surface area (Å²) >= 11 is 0. The molecule has 0 saturated carbocycles. The summed E-state index contributed by atoms with van der Waals surface area (Å²) in [7, 11) is -3.89. The highest BCUT2D eigenvalue weighted by Crippen LogP contribution is 2.31. The molecule has 31 heavy (non-hydrogen) atoms. The molecular weight excluding hydrogens is 420 g/mol. The number of morpholine rings is 1. The summed E-state index contributed by atoms with van der Waals surface area (Å²) in [6.45, 7) is 5.46. The van der Waals surface area contributed by atoms with Crippen LogP contribution in [0.2, 0.25) is 0 Å². The molecule has 0 unspecified atom stereocenters. The zero-order valence-electron chi connectivity index (χ0n) is 17.3. The molecule has 1 aromatic carbocycles. The highest BCUT2D eigenvalue weighted by atomic mass is 32.2. The highest BCUT2D eigenvalue weighted by molar-refractivity contribution is 7.92. The van der Waals surface area contributed by atoms with Crippen molar-refractivity contribution in [2.75, 3.05) is 31.0 Å².